The van der Waals surface area contributed by atoms with Crippen LogP contribution >= 0.6 is 0 Å². The highest BCUT2D eigenvalue weighted by Crippen LogP contribution is 2.24. The van der Waals surface area contributed by atoms with E-state index in [1.165, 1.54) is 18.2 Å². The number of aromatic nitrogens is 2. The molecule has 0 aliphatic heterocycles. The molecule has 2 aromatic rings. The monoisotopic (exact) mass is 256 g/mol. The Kier molecular flexibility index (Phi) is 3.14. The number of benzene rings is 1. The summed E-state index contributed by atoms with van der Waals surface area (Å²) in [7, 11) is 0. The molecule has 0 unspecified atom stereocenters. The zero-order valence-corrected chi connectivity index (χ0v) is 8.94. The molecule has 18 heavy (non-hydrogen) atoms. The molecule has 0 saturated carbocycles. The van der Waals surface area contributed by atoms with Crippen molar-refractivity contribution in [3.05, 3.63) is 30.1 Å². The van der Waals surface area contributed by atoms with Crippen molar-refractivity contribution < 1.29 is 22.7 Å². The van der Waals surface area contributed by atoms with E-state index in [-0.39, 0.29) is 11.3 Å². The highest BCUT2D eigenvalue weighted by molar-refractivity contribution is 5.89. The number of nitrogens with zero attached hydrogens (tertiary/aromatic N) is 2. The second-order valence-electron chi connectivity index (χ2n) is 3.48. The molecule has 94 valence electrons. The summed E-state index contributed by atoms with van der Waals surface area (Å²) < 4.78 is 40.8. The Morgan fingerprint density at radius 2 is 2.06 bits per heavy atom. The normalized spacial score (nSPS) is 11.5. The molecule has 0 saturated heterocycles. The fourth-order valence-electron chi connectivity index (χ4n) is 1.39. The third kappa shape index (κ3) is 2.73. The van der Waals surface area contributed by atoms with Crippen LogP contribution in [0.15, 0.2) is 24.5 Å². The lowest BCUT2D eigenvalue weighted by Gasteiger charge is -2.09. The van der Waals surface area contributed by atoms with E-state index in [4.69, 9.17) is 0 Å². The van der Waals surface area contributed by atoms with Crippen molar-refractivity contribution >= 4 is 17.2 Å². The molecular weight excluding hydrogens is 249 g/mol. The van der Waals surface area contributed by atoms with Crippen LogP contribution in [0.25, 0.3) is 10.9 Å². The van der Waals surface area contributed by atoms with Crippen molar-refractivity contribution in [1.82, 2.24) is 9.97 Å². The average molecular weight is 256 g/mol. The number of carbonyl (C=O) groups is 1. The van der Waals surface area contributed by atoms with E-state index in [1.54, 1.807) is 0 Å². The van der Waals surface area contributed by atoms with Crippen molar-refractivity contribution in [2.45, 2.75) is 6.18 Å². The van der Waals surface area contributed by atoms with Crippen LogP contribution in [0.4, 0.5) is 13.2 Å². The molecule has 0 N–H and O–H groups in total. The second kappa shape index (κ2) is 4.59. The molecule has 0 aliphatic rings. The van der Waals surface area contributed by atoms with Crippen molar-refractivity contribution in [2.24, 2.45) is 0 Å². The van der Waals surface area contributed by atoms with Gasteiger partial charge in [-0.15, -0.1) is 0 Å². The number of ether oxygens (including phenoxy) is 1. The van der Waals surface area contributed by atoms with Gasteiger partial charge in [0, 0.05) is 5.56 Å². The third-order valence-electron chi connectivity index (χ3n) is 2.13. The largest absolute Gasteiger partial charge is 0.467 e. The topological polar surface area (TPSA) is 52.1 Å². The maximum atomic E-state index is 12.1. The van der Waals surface area contributed by atoms with Crippen LogP contribution in [0.2, 0.25) is 0 Å². The third-order valence-corrected chi connectivity index (χ3v) is 2.13. The number of carbonyl (C=O) groups excluding carboxylic acids is 1. The van der Waals surface area contributed by atoms with Crippen molar-refractivity contribution in [2.75, 3.05) is 6.61 Å². The zero-order chi connectivity index (χ0) is 13.2. The number of rotatable bonds is 3. The number of halogens is 3. The first-order valence-corrected chi connectivity index (χ1v) is 4.89. The second-order valence-corrected chi connectivity index (χ2v) is 3.48. The molecule has 1 aromatic heterocycles. The van der Waals surface area contributed by atoms with Crippen LogP contribution in [0.1, 0.15) is 10.4 Å². The van der Waals surface area contributed by atoms with E-state index in [1.807, 2.05) is 0 Å². The maximum Gasteiger partial charge on any atom is 0.422 e. The maximum absolute atomic E-state index is 12.1. The van der Waals surface area contributed by atoms with E-state index in [0.717, 1.165) is 6.33 Å². The van der Waals surface area contributed by atoms with Gasteiger partial charge in [-0.1, -0.05) is 0 Å². The number of fused-ring (bicyclic) bond motifs is 1. The van der Waals surface area contributed by atoms with Crippen LogP contribution in [-0.2, 0) is 0 Å². The molecule has 0 fully saturated rings. The Labute approximate surface area is 99.4 Å². The summed E-state index contributed by atoms with van der Waals surface area (Å²) in [5.41, 5.74) is 0.724. The Morgan fingerprint density at radius 1 is 1.28 bits per heavy atom. The van der Waals surface area contributed by atoms with E-state index in [2.05, 4.69) is 14.7 Å². The van der Waals surface area contributed by atoms with E-state index < -0.39 is 12.8 Å². The SMILES string of the molecule is O=Cc1ccc2ncnc(OCC(F)(F)F)c2c1. The van der Waals surface area contributed by atoms with E-state index in [0.29, 0.717) is 17.4 Å². The first kappa shape index (κ1) is 12.3. The average Bonchev–Trinajstić information content (AvgIpc) is 2.34. The summed E-state index contributed by atoms with van der Waals surface area (Å²) in [5.74, 6) is -0.193. The lowest BCUT2D eigenvalue weighted by Crippen LogP contribution is -2.19. The minimum atomic E-state index is -4.44. The summed E-state index contributed by atoms with van der Waals surface area (Å²) in [6, 6.07) is 4.41. The van der Waals surface area contributed by atoms with Gasteiger partial charge in [0.1, 0.15) is 12.6 Å². The van der Waals surface area contributed by atoms with E-state index >= 15 is 0 Å². The summed E-state index contributed by atoms with van der Waals surface area (Å²) in [4.78, 5) is 18.1. The van der Waals surface area contributed by atoms with Gasteiger partial charge in [0.25, 0.3) is 0 Å². The molecule has 4 nitrogen and oxygen atoms in total. The molecule has 0 atom stereocenters. The van der Waals surface area contributed by atoms with E-state index in [9.17, 15) is 18.0 Å². The van der Waals surface area contributed by atoms with Crippen molar-refractivity contribution in [3.8, 4) is 5.88 Å². The molecule has 0 radical (unpaired) electrons. The molecule has 2 rings (SSSR count). The summed E-state index contributed by atoms with van der Waals surface area (Å²) in [5, 5.41) is 0.270. The smallest absolute Gasteiger partial charge is 0.422 e. The Balaban J connectivity index is 2.40. The Bertz CT molecular complexity index is 584. The Hall–Kier alpha value is -2.18. The molecule has 0 bridgehead atoms. The van der Waals surface area contributed by atoms with Crippen molar-refractivity contribution in [3.63, 3.8) is 0 Å². The molecule has 1 aromatic carbocycles. The minimum Gasteiger partial charge on any atom is -0.467 e. The van der Waals surface area contributed by atoms with Gasteiger partial charge in [0.15, 0.2) is 6.61 Å². The van der Waals surface area contributed by atoms with Crippen LogP contribution in [0, 0.1) is 0 Å². The quantitative estimate of drug-likeness (QED) is 0.791. The number of alkyl halides is 3. The van der Waals surface area contributed by atoms with Crippen LogP contribution in [0.5, 0.6) is 5.88 Å². The van der Waals surface area contributed by atoms with Gasteiger partial charge in [-0.05, 0) is 18.2 Å². The molecule has 0 aliphatic carbocycles. The standard InChI is InChI=1S/C11H7F3N2O2/c12-11(13,14)5-18-10-8-3-7(4-17)1-2-9(8)15-6-16-10/h1-4,6H,5H2. The fourth-order valence-corrected chi connectivity index (χ4v) is 1.39. The Morgan fingerprint density at radius 3 is 2.72 bits per heavy atom. The summed E-state index contributed by atoms with van der Waals surface area (Å²) >= 11 is 0. The number of hydrogen-bond acceptors (Lipinski definition) is 4. The lowest BCUT2D eigenvalue weighted by molar-refractivity contribution is -0.153. The molecule has 0 amide bonds. The fraction of sp³-hybridized carbons (Fsp3) is 0.182. The first-order chi connectivity index (χ1) is 8.49. The number of hydrogen-bond donors (Lipinski definition) is 0. The van der Waals surface area contributed by atoms with Gasteiger partial charge in [-0.25, -0.2) is 9.97 Å². The van der Waals surface area contributed by atoms with Gasteiger partial charge >= 0.3 is 6.18 Å². The van der Waals surface area contributed by atoms with Gasteiger partial charge in [-0.2, -0.15) is 13.2 Å². The zero-order valence-electron chi connectivity index (χ0n) is 8.94. The molecule has 0 spiro atoms. The first-order valence-electron chi connectivity index (χ1n) is 4.89. The lowest BCUT2D eigenvalue weighted by atomic mass is 10.1. The highest BCUT2D eigenvalue weighted by Gasteiger charge is 2.29. The van der Waals surface area contributed by atoms with Gasteiger partial charge in [0.2, 0.25) is 5.88 Å². The minimum absolute atomic E-state index is 0.193. The molecule has 1 heterocycles. The molecular formula is C11H7F3N2O2. The van der Waals surface area contributed by atoms with Crippen LogP contribution in [0.3, 0.4) is 0 Å². The summed E-state index contributed by atoms with van der Waals surface area (Å²) in [6.45, 7) is -1.44. The molecule has 7 heteroatoms. The van der Waals surface area contributed by atoms with Gasteiger partial charge < -0.3 is 4.74 Å². The van der Waals surface area contributed by atoms with Crippen molar-refractivity contribution in [1.29, 1.82) is 0 Å². The van der Waals surface area contributed by atoms with Gasteiger partial charge in [-0.3, -0.25) is 4.79 Å². The van der Waals surface area contributed by atoms with Crippen LogP contribution < -0.4 is 4.74 Å². The predicted molar refractivity (Wildman–Crippen MR) is 56.5 cm³/mol. The number of aldehydes is 1. The summed E-state index contributed by atoms with van der Waals surface area (Å²) in [6.07, 6.45) is -2.76. The van der Waals surface area contributed by atoms with Gasteiger partial charge in [0.05, 0.1) is 10.9 Å². The van der Waals surface area contributed by atoms with Crippen LogP contribution in [-0.4, -0.2) is 29.0 Å². The predicted octanol–water partition coefficient (Wildman–Crippen LogP) is 2.38. The highest BCUT2D eigenvalue weighted by atomic mass is 19.4.